The number of benzene rings is 2. The summed E-state index contributed by atoms with van der Waals surface area (Å²) >= 11 is 0. The molecule has 0 fully saturated rings. The van der Waals surface area contributed by atoms with Crippen LogP contribution in [0.1, 0.15) is 58.6 Å². The standard InChI is InChI=1S/C26H36N2O4/c1-18(2)22-10-8-9-11-23(22)32-17-24(29)28(19(3)25(30)27-26(4,5)6)16-20-12-14-21(31-7)15-13-20/h8-15,18-19H,16-17H2,1-7H3,(H,27,30)/t19-/m0/s1. The molecule has 0 aliphatic heterocycles. The van der Waals surface area contributed by atoms with Gasteiger partial charge in [-0.2, -0.15) is 0 Å². The molecule has 2 aromatic rings. The van der Waals surface area contributed by atoms with Crippen molar-refractivity contribution < 1.29 is 19.1 Å². The van der Waals surface area contributed by atoms with E-state index in [1.54, 1.807) is 18.9 Å². The van der Waals surface area contributed by atoms with Crippen molar-refractivity contribution >= 4 is 11.8 Å². The highest BCUT2D eigenvalue weighted by Gasteiger charge is 2.28. The number of nitrogens with zero attached hydrogens (tertiary/aromatic N) is 1. The molecule has 0 radical (unpaired) electrons. The summed E-state index contributed by atoms with van der Waals surface area (Å²) in [5, 5.41) is 2.96. The molecule has 6 heteroatoms. The summed E-state index contributed by atoms with van der Waals surface area (Å²) < 4.78 is 11.1. The van der Waals surface area contributed by atoms with Gasteiger partial charge in [0.25, 0.3) is 5.91 Å². The van der Waals surface area contributed by atoms with E-state index >= 15 is 0 Å². The first-order chi connectivity index (χ1) is 15.0. The Balaban J connectivity index is 2.22. The number of hydrogen-bond acceptors (Lipinski definition) is 4. The van der Waals surface area contributed by atoms with Crippen LogP contribution in [0.25, 0.3) is 0 Å². The third-order valence-corrected chi connectivity index (χ3v) is 5.07. The van der Waals surface area contributed by atoms with Crippen LogP contribution >= 0.6 is 0 Å². The molecule has 0 aromatic heterocycles. The summed E-state index contributed by atoms with van der Waals surface area (Å²) in [5.41, 5.74) is 1.55. The van der Waals surface area contributed by atoms with E-state index in [4.69, 9.17) is 9.47 Å². The molecule has 1 N–H and O–H groups in total. The second-order valence-corrected chi connectivity index (χ2v) is 9.27. The van der Waals surface area contributed by atoms with Gasteiger partial charge in [0.1, 0.15) is 17.5 Å². The molecule has 0 saturated carbocycles. The van der Waals surface area contributed by atoms with Crippen molar-refractivity contribution in [2.24, 2.45) is 0 Å². The quantitative estimate of drug-likeness (QED) is 0.622. The number of amides is 2. The van der Waals surface area contributed by atoms with Gasteiger partial charge in [0, 0.05) is 12.1 Å². The Morgan fingerprint density at radius 2 is 1.62 bits per heavy atom. The predicted molar refractivity (Wildman–Crippen MR) is 127 cm³/mol. The first-order valence-electron chi connectivity index (χ1n) is 11.0. The zero-order valence-electron chi connectivity index (χ0n) is 20.3. The van der Waals surface area contributed by atoms with E-state index in [0.29, 0.717) is 5.75 Å². The maximum atomic E-state index is 13.2. The van der Waals surface area contributed by atoms with Crippen LogP contribution < -0.4 is 14.8 Å². The molecule has 32 heavy (non-hydrogen) atoms. The first kappa shape index (κ1) is 25.2. The molecule has 6 nitrogen and oxygen atoms in total. The van der Waals surface area contributed by atoms with Crippen molar-refractivity contribution in [1.29, 1.82) is 0 Å². The van der Waals surface area contributed by atoms with Crippen molar-refractivity contribution in [3.05, 3.63) is 59.7 Å². The monoisotopic (exact) mass is 440 g/mol. The maximum Gasteiger partial charge on any atom is 0.261 e. The molecule has 2 rings (SSSR count). The van der Waals surface area contributed by atoms with Gasteiger partial charge in [-0.3, -0.25) is 9.59 Å². The van der Waals surface area contributed by atoms with E-state index < -0.39 is 11.6 Å². The van der Waals surface area contributed by atoms with Crippen LogP contribution in [0.2, 0.25) is 0 Å². The summed E-state index contributed by atoms with van der Waals surface area (Å²) in [4.78, 5) is 27.6. The van der Waals surface area contributed by atoms with Gasteiger partial charge in [-0.25, -0.2) is 0 Å². The molecule has 0 unspecified atom stereocenters. The highest BCUT2D eigenvalue weighted by atomic mass is 16.5. The number of nitrogens with one attached hydrogen (secondary N) is 1. The fourth-order valence-electron chi connectivity index (χ4n) is 3.30. The number of ether oxygens (including phenoxy) is 2. The Bertz CT molecular complexity index is 901. The van der Waals surface area contributed by atoms with Gasteiger partial charge in [0.15, 0.2) is 6.61 Å². The molecule has 0 heterocycles. The van der Waals surface area contributed by atoms with Crippen molar-refractivity contribution in [2.45, 2.75) is 65.6 Å². The molecule has 2 amide bonds. The van der Waals surface area contributed by atoms with Gasteiger partial charge in [0.05, 0.1) is 7.11 Å². The summed E-state index contributed by atoms with van der Waals surface area (Å²) in [5.74, 6) is 1.23. The second-order valence-electron chi connectivity index (χ2n) is 9.27. The molecular weight excluding hydrogens is 404 g/mol. The lowest BCUT2D eigenvalue weighted by atomic mass is 10.0. The van der Waals surface area contributed by atoms with Crippen molar-refractivity contribution in [3.8, 4) is 11.5 Å². The van der Waals surface area contributed by atoms with Crippen LogP contribution in [-0.2, 0) is 16.1 Å². The summed E-state index contributed by atoms with van der Waals surface area (Å²) in [6.07, 6.45) is 0. The molecule has 174 valence electrons. The minimum absolute atomic E-state index is 0.146. The van der Waals surface area contributed by atoms with Gasteiger partial charge in [-0.05, 0) is 62.9 Å². The van der Waals surface area contributed by atoms with Crippen LogP contribution in [0, 0.1) is 0 Å². The fourth-order valence-corrected chi connectivity index (χ4v) is 3.30. The maximum absolute atomic E-state index is 13.2. The Hall–Kier alpha value is -3.02. The van der Waals surface area contributed by atoms with E-state index in [1.165, 1.54) is 0 Å². The topological polar surface area (TPSA) is 67.9 Å². The molecule has 0 saturated heterocycles. The number of hydrogen-bond donors (Lipinski definition) is 1. The number of methoxy groups -OCH3 is 1. The number of carbonyl (C=O) groups is 2. The number of para-hydroxylation sites is 1. The molecular formula is C26H36N2O4. The zero-order valence-corrected chi connectivity index (χ0v) is 20.3. The first-order valence-corrected chi connectivity index (χ1v) is 11.0. The van der Waals surface area contributed by atoms with Crippen LogP contribution in [0.5, 0.6) is 11.5 Å². The normalized spacial score (nSPS) is 12.2. The van der Waals surface area contributed by atoms with Gasteiger partial charge < -0.3 is 19.7 Å². The van der Waals surface area contributed by atoms with Crippen molar-refractivity contribution in [2.75, 3.05) is 13.7 Å². The summed E-state index contributed by atoms with van der Waals surface area (Å²) in [6.45, 7) is 11.8. The van der Waals surface area contributed by atoms with E-state index in [2.05, 4.69) is 19.2 Å². The fraction of sp³-hybridized carbons (Fsp3) is 0.462. The molecule has 0 spiro atoms. The van der Waals surface area contributed by atoms with Gasteiger partial charge in [-0.15, -0.1) is 0 Å². The predicted octanol–water partition coefficient (Wildman–Crippen LogP) is 4.53. The zero-order chi connectivity index (χ0) is 23.9. The smallest absolute Gasteiger partial charge is 0.261 e. The molecule has 0 aliphatic rings. The highest BCUT2D eigenvalue weighted by Crippen LogP contribution is 2.26. The Morgan fingerprint density at radius 3 is 2.19 bits per heavy atom. The van der Waals surface area contributed by atoms with E-state index in [-0.39, 0.29) is 30.9 Å². The van der Waals surface area contributed by atoms with E-state index in [1.807, 2.05) is 69.3 Å². The van der Waals surface area contributed by atoms with E-state index in [9.17, 15) is 9.59 Å². The molecule has 1 atom stereocenters. The van der Waals surface area contributed by atoms with Gasteiger partial charge in [-0.1, -0.05) is 44.2 Å². The van der Waals surface area contributed by atoms with Crippen molar-refractivity contribution in [3.63, 3.8) is 0 Å². The van der Waals surface area contributed by atoms with Gasteiger partial charge in [0.2, 0.25) is 5.91 Å². The Kier molecular flexibility index (Phi) is 8.70. The van der Waals surface area contributed by atoms with E-state index in [0.717, 1.165) is 16.9 Å². The average Bonchev–Trinajstić information content (AvgIpc) is 2.74. The van der Waals surface area contributed by atoms with Gasteiger partial charge >= 0.3 is 0 Å². The van der Waals surface area contributed by atoms with Crippen LogP contribution in [-0.4, -0.2) is 42.0 Å². The van der Waals surface area contributed by atoms with Crippen LogP contribution in [0.3, 0.4) is 0 Å². The molecule has 0 bridgehead atoms. The lowest BCUT2D eigenvalue weighted by Crippen LogP contribution is -2.53. The summed E-state index contributed by atoms with van der Waals surface area (Å²) in [6, 6.07) is 14.5. The largest absolute Gasteiger partial charge is 0.497 e. The molecule has 2 aromatic carbocycles. The van der Waals surface area contributed by atoms with Crippen molar-refractivity contribution in [1.82, 2.24) is 10.2 Å². The number of carbonyl (C=O) groups excluding carboxylic acids is 2. The van der Waals surface area contributed by atoms with Crippen LogP contribution in [0.15, 0.2) is 48.5 Å². The van der Waals surface area contributed by atoms with Crippen LogP contribution in [0.4, 0.5) is 0 Å². The minimum Gasteiger partial charge on any atom is -0.497 e. The lowest BCUT2D eigenvalue weighted by molar-refractivity contribution is -0.142. The highest BCUT2D eigenvalue weighted by molar-refractivity contribution is 5.88. The SMILES string of the molecule is COc1ccc(CN(C(=O)COc2ccccc2C(C)C)[C@@H](C)C(=O)NC(C)(C)C)cc1. The molecule has 0 aliphatic carbocycles. The third-order valence-electron chi connectivity index (χ3n) is 5.07. The Labute approximate surface area is 191 Å². The third kappa shape index (κ3) is 7.29. The minimum atomic E-state index is -0.659. The lowest BCUT2D eigenvalue weighted by Gasteiger charge is -2.31. The average molecular weight is 441 g/mol. The second kappa shape index (κ2) is 11.0. The summed E-state index contributed by atoms with van der Waals surface area (Å²) in [7, 11) is 1.61. The Morgan fingerprint density at radius 1 is 1.00 bits per heavy atom. The number of rotatable bonds is 9.